The summed E-state index contributed by atoms with van der Waals surface area (Å²) in [5, 5.41) is 7.26. The summed E-state index contributed by atoms with van der Waals surface area (Å²) in [5.41, 5.74) is 9.42. The van der Waals surface area contributed by atoms with E-state index in [1.165, 1.54) is 74.1 Å². The molecule has 0 amide bonds. The second-order valence-electron chi connectivity index (χ2n) is 15.2. The van der Waals surface area contributed by atoms with Crippen molar-refractivity contribution in [3.63, 3.8) is 0 Å². The Bertz CT molecular complexity index is 2670. The fourth-order valence-corrected chi connectivity index (χ4v) is 9.99. The molecule has 53 heavy (non-hydrogen) atoms. The van der Waals surface area contributed by atoms with Crippen LogP contribution in [-0.2, 0) is 11.0 Å². The number of anilines is 1. The molecule has 2 heterocycles. The van der Waals surface area contributed by atoms with E-state index in [0.29, 0.717) is 5.69 Å². The Balaban J connectivity index is 1.24. The molecule has 1 saturated heterocycles. The van der Waals surface area contributed by atoms with Crippen LogP contribution in [0.25, 0.3) is 54.4 Å². The van der Waals surface area contributed by atoms with Crippen molar-refractivity contribution in [1.29, 1.82) is 0 Å². The number of ether oxygens (including phenoxy) is 1. The fourth-order valence-electron chi connectivity index (χ4n) is 9.99. The van der Waals surface area contributed by atoms with Crippen LogP contribution in [0.4, 0.5) is 11.4 Å². The topological polar surface area (TPSA) is 16.8 Å². The minimum absolute atomic E-state index is 0.231. The molecule has 2 aliphatic heterocycles. The highest BCUT2D eigenvalue weighted by Crippen LogP contribution is 2.61. The van der Waals surface area contributed by atoms with E-state index in [-0.39, 0.29) is 5.41 Å². The lowest BCUT2D eigenvalue weighted by Crippen LogP contribution is -2.35. The van der Waals surface area contributed by atoms with Gasteiger partial charge in [0.15, 0.2) is 11.3 Å². The van der Waals surface area contributed by atoms with E-state index in [1.54, 1.807) is 0 Å². The SMILES string of the molecule is [C-]#[N+]c1ccc2c(c1)C(CC)(CC)c1c3c(c4ccccc4c1-2)OC(c1ccc(N2CCCCC2)cc1)(c1ccc2ccc4ccccc4c2c1)C=C3. The Morgan fingerprint density at radius 2 is 1.36 bits per heavy atom. The van der Waals surface area contributed by atoms with Crippen LogP contribution in [0.2, 0.25) is 0 Å². The standard InChI is InChI=1S/C50H42N2O/c1-4-49(5-2)45-32-37(51-3)23-26-42(45)46-40-15-9-10-16-41(40)48-43(47(46)49)27-28-50(53-48,35-21-24-38(25-22-35)52-29-11-6-12-30-52)36-20-19-34-18-17-33-13-7-8-14-39(33)44(34)31-36/h7-10,13-28,31-32H,4-6,11-12,29-30H2,1-2H3. The zero-order valence-corrected chi connectivity index (χ0v) is 30.5. The molecule has 0 aromatic heterocycles. The summed E-state index contributed by atoms with van der Waals surface area (Å²) in [7, 11) is 0. The van der Waals surface area contributed by atoms with Gasteiger partial charge in [-0.1, -0.05) is 123 Å². The first-order chi connectivity index (χ1) is 26.1. The number of hydrogen-bond donors (Lipinski definition) is 0. The van der Waals surface area contributed by atoms with Crippen LogP contribution < -0.4 is 9.64 Å². The summed E-state index contributed by atoms with van der Waals surface area (Å²) in [4.78, 5) is 6.39. The third-order valence-corrected chi connectivity index (χ3v) is 12.7. The number of fused-ring (bicyclic) bond motifs is 11. The summed E-state index contributed by atoms with van der Waals surface area (Å²) >= 11 is 0. The van der Waals surface area contributed by atoms with Gasteiger partial charge in [-0.3, -0.25) is 0 Å². The number of hydrogen-bond acceptors (Lipinski definition) is 2. The van der Waals surface area contributed by atoms with Crippen molar-refractivity contribution in [3.8, 4) is 16.9 Å². The molecule has 258 valence electrons. The van der Waals surface area contributed by atoms with Gasteiger partial charge in [0.05, 0.1) is 6.57 Å². The van der Waals surface area contributed by atoms with Gasteiger partial charge in [-0.25, -0.2) is 4.85 Å². The lowest BCUT2D eigenvalue weighted by Gasteiger charge is -2.39. The molecule has 0 radical (unpaired) electrons. The largest absolute Gasteiger partial charge is 0.472 e. The molecular weight excluding hydrogens is 645 g/mol. The van der Waals surface area contributed by atoms with Crippen LogP contribution in [0.5, 0.6) is 5.75 Å². The van der Waals surface area contributed by atoms with Gasteiger partial charge < -0.3 is 9.64 Å². The summed E-state index contributed by atoms with van der Waals surface area (Å²) in [6.45, 7) is 14.7. The van der Waals surface area contributed by atoms with Gasteiger partial charge in [0.1, 0.15) is 5.75 Å². The van der Waals surface area contributed by atoms with E-state index in [9.17, 15) is 0 Å². The molecule has 3 aliphatic rings. The second kappa shape index (κ2) is 12.1. The Kier molecular flexibility index (Phi) is 7.28. The molecule has 1 unspecified atom stereocenters. The van der Waals surface area contributed by atoms with E-state index in [0.717, 1.165) is 53.8 Å². The first-order valence-electron chi connectivity index (χ1n) is 19.4. The number of rotatable bonds is 5. The van der Waals surface area contributed by atoms with Crippen LogP contribution in [0.15, 0.2) is 127 Å². The molecule has 1 atom stereocenters. The summed E-state index contributed by atoms with van der Waals surface area (Å²) in [6, 6.07) is 44.3. The molecule has 7 aromatic rings. The van der Waals surface area contributed by atoms with E-state index in [4.69, 9.17) is 11.3 Å². The number of benzene rings is 7. The van der Waals surface area contributed by atoms with Gasteiger partial charge in [-0.2, -0.15) is 0 Å². The Hall–Kier alpha value is -5.85. The number of piperidine rings is 1. The lowest BCUT2D eigenvalue weighted by molar-refractivity contribution is 0.163. The van der Waals surface area contributed by atoms with Crippen molar-refractivity contribution >= 4 is 49.8 Å². The molecule has 7 aromatic carbocycles. The maximum Gasteiger partial charge on any atom is 0.187 e. The minimum atomic E-state index is -0.862. The maximum absolute atomic E-state index is 7.86. The highest BCUT2D eigenvalue weighted by atomic mass is 16.5. The van der Waals surface area contributed by atoms with E-state index >= 15 is 0 Å². The summed E-state index contributed by atoms with van der Waals surface area (Å²) in [6.07, 6.45) is 10.4. The zero-order chi connectivity index (χ0) is 35.7. The molecule has 0 saturated carbocycles. The maximum atomic E-state index is 7.86. The van der Waals surface area contributed by atoms with Crippen molar-refractivity contribution in [2.45, 2.75) is 57.0 Å². The van der Waals surface area contributed by atoms with Gasteiger partial charge in [-0.05, 0) is 106 Å². The van der Waals surface area contributed by atoms with Crippen molar-refractivity contribution in [2.75, 3.05) is 18.0 Å². The van der Waals surface area contributed by atoms with Crippen LogP contribution >= 0.6 is 0 Å². The highest BCUT2D eigenvalue weighted by molar-refractivity contribution is 6.10. The summed E-state index contributed by atoms with van der Waals surface area (Å²) in [5.74, 6) is 0.935. The monoisotopic (exact) mass is 686 g/mol. The van der Waals surface area contributed by atoms with Gasteiger partial charge in [0, 0.05) is 46.3 Å². The molecule has 3 nitrogen and oxygen atoms in total. The molecule has 1 aliphatic carbocycles. The Morgan fingerprint density at radius 3 is 2.11 bits per heavy atom. The average molecular weight is 687 g/mol. The van der Waals surface area contributed by atoms with Crippen molar-refractivity contribution in [3.05, 3.63) is 167 Å². The Morgan fingerprint density at radius 1 is 0.679 bits per heavy atom. The minimum Gasteiger partial charge on any atom is -0.472 e. The van der Waals surface area contributed by atoms with Crippen molar-refractivity contribution in [1.82, 2.24) is 0 Å². The van der Waals surface area contributed by atoms with Crippen molar-refractivity contribution < 1.29 is 4.74 Å². The van der Waals surface area contributed by atoms with Crippen LogP contribution in [0.3, 0.4) is 0 Å². The quantitative estimate of drug-likeness (QED) is 0.132. The first-order valence-corrected chi connectivity index (χ1v) is 19.4. The fraction of sp³-hybridized carbons (Fsp3) is 0.220. The van der Waals surface area contributed by atoms with E-state index in [2.05, 4.69) is 151 Å². The molecule has 0 spiro atoms. The number of nitrogens with zero attached hydrogens (tertiary/aromatic N) is 2. The first kappa shape index (κ1) is 31.9. The smallest absolute Gasteiger partial charge is 0.187 e. The third-order valence-electron chi connectivity index (χ3n) is 12.7. The second-order valence-corrected chi connectivity index (χ2v) is 15.2. The predicted octanol–water partition coefficient (Wildman–Crippen LogP) is 13.1. The highest BCUT2D eigenvalue weighted by Gasteiger charge is 2.47. The van der Waals surface area contributed by atoms with Gasteiger partial charge >= 0.3 is 0 Å². The molecule has 0 bridgehead atoms. The summed E-state index contributed by atoms with van der Waals surface area (Å²) < 4.78 is 7.75. The van der Waals surface area contributed by atoms with Gasteiger partial charge in [0.25, 0.3) is 0 Å². The normalized spacial score (nSPS) is 18.4. The van der Waals surface area contributed by atoms with Crippen LogP contribution in [0, 0.1) is 6.57 Å². The van der Waals surface area contributed by atoms with Crippen LogP contribution in [0.1, 0.15) is 73.8 Å². The van der Waals surface area contributed by atoms with Gasteiger partial charge in [0.2, 0.25) is 0 Å². The van der Waals surface area contributed by atoms with Crippen molar-refractivity contribution in [2.24, 2.45) is 0 Å². The molecule has 0 N–H and O–H groups in total. The van der Waals surface area contributed by atoms with E-state index < -0.39 is 5.60 Å². The average Bonchev–Trinajstić information content (AvgIpc) is 3.53. The van der Waals surface area contributed by atoms with E-state index in [1.807, 2.05) is 6.07 Å². The zero-order valence-electron chi connectivity index (χ0n) is 30.5. The molecule has 1 fully saturated rings. The lowest BCUT2D eigenvalue weighted by atomic mass is 9.71. The molecule has 10 rings (SSSR count). The van der Waals surface area contributed by atoms with Gasteiger partial charge in [-0.15, -0.1) is 0 Å². The predicted molar refractivity (Wildman–Crippen MR) is 221 cm³/mol. The molecular formula is C50H42N2O. The third kappa shape index (κ3) is 4.58. The molecule has 3 heteroatoms. The van der Waals surface area contributed by atoms with Crippen LogP contribution in [-0.4, -0.2) is 13.1 Å². The Labute approximate surface area is 312 Å².